The van der Waals surface area contributed by atoms with Crippen molar-refractivity contribution in [1.82, 2.24) is 0 Å². The van der Waals surface area contributed by atoms with Crippen LogP contribution in [0.4, 0.5) is 0 Å². The summed E-state index contributed by atoms with van der Waals surface area (Å²) in [5.41, 5.74) is 0.462. The monoisotopic (exact) mass is 182 g/mol. The molecule has 0 saturated carbocycles. The van der Waals surface area contributed by atoms with Crippen molar-refractivity contribution in [2.24, 2.45) is 5.92 Å². The molecule has 0 spiro atoms. The van der Waals surface area contributed by atoms with Gasteiger partial charge in [0.25, 0.3) is 0 Å². The standard InChI is InChI=1S/C10H14O3/c1-3-13-8-4-7(2)9(6-11)10(12)5-8/h5-7,11H,3-4H2,1-2H3/b9-6+. The van der Waals surface area contributed by atoms with E-state index < -0.39 is 0 Å². The minimum Gasteiger partial charge on any atom is -0.515 e. The molecule has 0 aromatic heterocycles. The van der Waals surface area contributed by atoms with Crippen LogP contribution in [-0.4, -0.2) is 17.5 Å². The first-order chi connectivity index (χ1) is 6.19. The van der Waals surface area contributed by atoms with Gasteiger partial charge in [-0.25, -0.2) is 0 Å². The van der Waals surface area contributed by atoms with Crippen molar-refractivity contribution in [3.8, 4) is 0 Å². The van der Waals surface area contributed by atoms with E-state index in [1.165, 1.54) is 6.08 Å². The second-order valence-electron chi connectivity index (χ2n) is 3.10. The summed E-state index contributed by atoms with van der Waals surface area (Å²) in [6, 6.07) is 0. The molecule has 13 heavy (non-hydrogen) atoms. The van der Waals surface area contributed by atoms with E-state index in [2.05, 4.69) is 0 Å². The maximum atomic E-state index is 11.3. The molecule has 0 amide bonds. The van der Waals surface area contributed by atoms with Gasteiger partial charge in [-0.05, 0) is 12.8 Å². The van der Waals surface area contributed by atoms with Gasteiger partial charge in [-0.1, -0.05) is 6.92 Å². The third-order valence-electron chi connectivity index (χ3n) is 2.08. The second-order valence-corrected chi connectivity index (χ2v) is 3.10. The Bertz CT molecular complexity index is 263. The third kappa shape index (κ3) is 2.11. The number of rotatable bonds is 2. The molecule has 0 heterocycles. The van der Waals surface area contributed by atoms with E-state index in [0.29, 0.717) is 24.4 Å². The van der Waals surface area contributed by atoms with Crippen molar-refractivity contribution >= 4 is 5.78 Å². The predicted octanol–water partition coefficient (Wildman–Crippen LogP) is 1.96. The van der Waals surface area contributed by atoms with Gasteiger partial charge >= 0.3 is 0 Å². The first kappa shape index (κ1) is 9.84. The van der Waals surface area contributed by atoms with Gasteiger partial charge in [0.1, 0.15) is 5.76 Å². The van der Waals surface area contributed by atoms with Gasteiger partial charge in [-0.2, -0.15) is 0 Å². The van der Waals surface area contributed by atoms with E-state index in [1.54, 1.807) is 0 Å². The summed E-state index contributed by atoms with van der Waals surface area (Å²) in [4.78, 5) is 11.3. The average molecular weight is 182 g/mol. The zero-order valence-electron chi connectivity index (χ0n) is 7.91. The molecule has 3 heteroatoms. The largest absolute Gasteiger partial charge is 0.515 e. The van der Waals surface area contributed by atoms with Crippen molar-refractivity contribution in [2.75, 3.05) is 6.61 Å². The maximum absolute atomic E-state index is 11.3. The fourth-order valence-corrected chi connectivity index (χ4v) is 1.42. The second kappa shape index (κ2) is 4.12. The molecule has 1 aliphatic carbocycles. The van der Waals surface area contributed by atoms with Gasteiger partial charge < -0.3 is 9.84 Å². The lowest BCUT2D eigenvalue weighted by molar-refractivity contribution is -0.112. The van der Waals surface area contributed by atoms with Gasteiger partial charge in [0.2, 0.25) is 0 Å². The molecule has 0 aromatic rings. The van der Waals surface area contributed by atoms with E-state index in [9.17, 15) is 4.79 Å². The lowest BCUT2D eigenvalue weighted by Gasteiger charge is -2.20. The van der Waals surface area contributed by atoms with Crippen LogP contribution in [0.15, 0.2) is 23.7 Å². The maximum Gasteiger partial charge on any atom is 0.188 e. The topological polar surface area (TPSA) is 46.5 Å². The van der Waals surface area contributed by atoms with Crippen LogP contribution >= 0.6 is 0 Å². The Labute approximate surface area is 77.7 Å². The molecule has 0 aromatic carbocycles. The number of carbonyl (C=O) groups is 1. The molecule has 1 aliphatic rings. The average Bonchev–Trinajstić information content (AvgIpc) is 2.04. The minimum atomic E-state index is -0.148. The Morgan fingerprint density at radius 2 is 2.46 bits per heavy atom. The van der Waals surface area contributed by atoms with Crippen LogP contribution in [0, 0.1) is 5.92 Å². The van der Waals surface area contributed by atoms with Crippen LogP contribution in [0.5, 0.6) is 0 Å². The predicted molar refractivity (Wildman–Crippen MR) is 49.2 cm³/mol. The minimum absolute atomic E-state index is 0.0454. The summed E-state index contributed by atoms with van der Waals surface area (Å²) < 4.78 is 5.25. The van der Waals surface area contributed by atoms with E-state index >= 15 is 0 Å². The molecule has 0 fully saturated rings. The number of carbonyl (C=O) groups excluding carboxylic acids is 1. The van der Waals surface area contributed by atoms with Gasteiger partial charge in [0.05, 0.1) is 12.9 Å². The number of hydrogen-bond donors (Lipinski definition) is 1. The van der Waals surface area contributed by atoms with E-state index in [0.717, 1.165) is 6.26 Å². The lowest BCUT2D eigenvalue weighted by atomic mass is 9.89. The highest BCUT2D eigenvalue weighted by Gasteiger charge is 2.23. The van der Waals surface area contributed by atoms with Gasteiger partial charge in [-0.15, -0.1) is 0 Å². The fourth-order valence-electron chi connectivity index (χ4n) is 1.42. The van der Waals surface area contributed by atoms with Crippen molar-refractivity contribution in [2.45, 2.75) is 20.3 Å². The number of allylic oxidation sites excluding steroid dienone is 3. The van der Waals surface area contributed by atoms with Gasteiger partial charge in [0.15, 0.2) is 5.78 Å². The van der Waals surface area contributed by atoms with Crippen LogP contribution < -0.4 is 0 Å². The number of aliphatic hydroxyl groups excluding tert-OH is 1. The van der Waals surface area contributed by atoms with Crippen LogP contribution in [-0.2, 0) is 9.53 Å². The highest BCUT2D eigenvalue weighted by molar-refractivity contribution is 6.05. The van der Waals surface area contributed by atoms with Crippen LogP contribution in [0.1, 0.15) is 20.3 Å². The molecular formula is C10H14O3. The van der Waals surface area contributed by atoms with E-state index in [-0.39, 0.29) is 11.7 Å². The van der Waals surface area contributed by atoms with Crippen molar-refractivity contribution < 1.29 is 14.6 Å². The first-order valence-electron chi connectivity index (χ1n) is 4.41. The molecule has 72 valence electrons. The van der Waals surface area contributed by atoms with E-state index in [4.69, 9.17) is 9.84 Å². The SMILES string of the molecule is CCOC1=CC(=O)/C(=C/O)C(C)C1. The summed E-state index contributed by atoms with van der Waals surface area (Å²) in [7, 11) is 0. The Hall–Kier alpha value is -1.25. The summed E-state index contributed by atoms with van der Waals surface area (Å²) in [6.07, 6.45) is 3.03. The van der Waals surface area contributed by atoms with Crippen LogP contribution in [0.3, 0.4) is 0 Å². The Kier molecular flexibility index (Phi) is 3.12. The fraction of sp³-hybridized carbons (Fsp3) is 0.500. The Balaban J connectivity index is 2.82. The molecule has 1 atom stereocenters. The number of aliphatic hydroxyl groups is 1. The Morgan fingerprint density at radius 3 is 2.92 bits per heavy atom. The summed E-state index contributed by atoms with van der Waals surface area (Å²) >= 11 is 0. The Morgan fingerprint density at radius 1 is 1.77 bits per heavy atom. The van der Waals surface area contributed by atoms with Gasteiger partial charge in [-0.3, -0.25) is 4.79 Å². The van der Waals surface area contributed by atoms with Crippen LogP contribution in [0.25, 0.3) is 0 Å². The zero-order valence-corrected chi connectivity index (χ0v) is 7.91. The number of ether oxygens (including phenoxy) is 1. The molecule has 0 aliphatic heterocycles. The molecule has 3 nitrogen and oxygen atoms in total. The van der Waals surface area contributed by atoms with Crippen molar-refractivity contribution in [1.29, 1.82) is 0 Å². The quantitative estimate of drug-likeness (QED) is 0.524. The van der Waals surface area contributed by atoms with Crippen molar-refractivity contribution in [3.05, 3.63) is 23.7 Å². The molecular weight excluding hydrogens is 168 g/mol. The van der Waals surface area contributed by atoms with Gasteiger partial charge in [0, 0.05) is 18.1 Å². The van der Waals surface area contributed by atoms with E-state index in [1.807, 2.05) is 13.8 Å². The molecule has 0 bridgehead atoms. The highest BCUT2D eigenvalue weighted by Crippen LogP contribution is 2.26. The molecule has 0 radical (unpaired) electrons. The molecule has 1 unspecified atom stereocenters. The lowest BCUT2D eigenvalue weighted by Crippen LogP contribution is -2.17. The third-order valence-corrected chi connectivity index (χ3v) is 2.08. The number of hydrogen-bond acceptors (Lipinski definition) is 3. The summed E-state index contributed by atoms with van der Waals surface area (Å²) in [5.74, 6) is 0.611. The first-order valence-corrected chi connectivity index (χ1v) is 4.41. The van der Waals surface area contributed by atoms with Crippen molar-refractivity contribution in [3.63, 3.8) is 0 Å². The summed E-state index contributed by atoms with van der Waals surface area (Å²) in [5, 5.41) is 8.80. The van der Waals surface area contributed by atoms with Crippen LogP contribution in [0.2, 0.25) is 0 Å². The highest BCUT2D eigenvalue weighted by atomic mass is 16.5. The summed E-state index contributed by atoms with van der Waals surface area (Å²) in [6.45, 7) is 4.35. The molecule has 1 N–H and O–H groups in total. The normalized spacial score (nSPS) is 26.0. The number of ketones is 1. The molecule has 1 rings (SSSR count). The smallest absolute Gasteiger partial charge is 0.188 e. The molecule has 0 saturated heterocycles. The zero-order chi connectivity index (χ0) is 9.84.